The average molecular weight is 235 g/mol. The number of rotatable bonds is 2. The van der Waals surface area contributed by atoms with Crippen LogP contribution in [-0.2, 0) is 0 Å². The van der Waals surface area contributed by atoms with Gasteiger partial charge in [-0.15, -0.1) is 0 Å². The van der Waals surface area contributed by atoms with Gasteiger partial charge in [-0.2, -0.15) is 0 Å². The van der Waals surface area contributed by atoms with Crippen LogP contribution < -0.4 is 11.1 Å². The van der Waals surface area contributed by atoms with Crippen molar-refractivity contribution in [3.05, 3.63) is 47.7 Å². The molecule has 1 heterocycles. The number of nitrogen functional groups attached to an aromatic ring is 1. The molecule has 1 aromatic heterocycles. The van der Waals surface area contributed by atoms with Gasteiger partial charge in [0.15, 0.2) is 5.82 Å². The van der Waals surface area contributed by atoms with E-state index < -0.39 is 11.6 Å². The molecule has 0 bridgehead atoms. The summed E-state index contributed by atoms with van der Waals surface area (Å²) in [5.41, 5.74) is 7.02. The number of hydrogen-bond acceptors (Lipinski definition) is 3. The Morgan fingerprint density at radius 2 is 2.00 bits per heavy atom. The number of aromatic nitrogens is 1. The molecular formula is C12H11F2N3. The highest BCUT2D eigenvalue weighted by molar-refractivity contribution is 5.71. The van der Waals surface area contributed by atoms with E-state index in [9.17, 15) is 8.78 Å². The van der Waals surface area contributed by atoms with Gasteiger partial charge >= 0.3 is 0 Å². The smallest absolute Gasteiger partial charge is 0.153 e. The van der Waals surface area contributed by atoms with E-state index in [1.54, 1.807) is 12.3 Å². The number of nitrogens with one attached hydrogen (secondary N) is 1. The maximum Gasteiger partial charge on any atom is 0.153 e. The van der Waals surface area contributed by atoms with Crippen molar-refractivity contribution in [3.63, 3.8) is 0 Å². The lowest BCUT2D eigenvalue weighted by atomic mass is 10.2. The summed E-state index contributed by atoms with van der Waals surface area (Å²) in [6.45, 7) is 1.81. The summed E-state index contributed by atoms with van der Waals surface area (Å²) in [4.78, 5) is 3.98. The molecule has 0 aliphatic rings. The third kappa shape index (κ3) is 2.33. The van der Waals surface area contributed by atoms with Gasteiger partial charge in [0.25, 0.3) is 0 Å². The van der Waals surface area contributed by atoms with E-state index in [0.717, 1.165) is 23.8 Å². The summed E-state index contributed by atoms with van der Waals surface area (Å²) in [6.07, 6.45) is 1.55. The van der Waals surface area contributed by atoms with Crippen molar-refractivity contribution in [1.29, 1.82) is 0 Å². The van der Waals surface area contributed by atoms with Crippen molar-refractivity contribution in [2.75, 3.05) is 11.1 Å². The number of pyridine rings is 1. The summed E-state index contributed by atoms with van der Waals surface area (Å²) in [7, 11) is 0. The number of hydrogen-bond donors (Lipinski definition) is 2. The fourth-order valence-corrected chi connectivity index (χ4v) is 1.39. The van der Waals surface area contributed by atoms with E-state index in [4.69, 9.17) is 5.73 Å². The molecule has 2 rings (SSSR count). The van der Waals surface area contributed by atoms with E-state index in [1.165, 1.54) is 0 Å². The van der Waals surface area contributed by atoms with E-state index >= 15 is 0 Å². The van der Waals surface area contributed by atoms with Crippen molar-refractivity contribution < 1.29 is 8.78 Å². The molecule has 3 N–H and O–H groups in total. The minimum atomic E-state index is -0.561. The predicted octanol–water partition coefficient (Wildman–Crippen LogP) is 2.99. The first-order valence-electron chi connectivity index (χ1n) is 5.01. The van der Waals surface area contributed by atoms with Gasteiger partial charge in [-0.25, -0.2) is 13.8 Å². The van der Waals surface area contributed by atoms with Crippen LogP contribution in [0.3, 0.4) is 0 Å². The third-order valence-corrected chi connectivity index (χ3v) is 2.39. The summed E-state index contributed by atoms with van der Waals surface area (Å²) < 4.78 is 26.4. The molecule has 0 unspecified atom stereocenters. The Morgan fingerprint density at radius 3 is 2.76 bits per heavy atom. The number of nitrogens with zero attached hydrogens (tertiary/aromatic N) is 1. The second kappa shape index (κ2) is 4.37. The van der Waals surface area contributed by atoms with E-state index in [-0.39, 0.29) is 5.69 Å². The molecule has 0 amide bonds. The third-order valence-electron chi connectivity index (χ3n) is 2.39. The molecular weight excluding hydrogens is 224 g/mol. The Morgan fingerprint density at radius 1 is 1.24 bits per heavy atom. The van der Waals surface area contributed by atoms with Crippen LogP contribution in [0.5, 0.6) is 0 Å². The molecule has 0 saturated carbocycles. The highest BCUT2D eigenvalue weighted by atomic mass is 19.1. The Kier molecular flexibility index (Phi) is 2.91. The Labute approximate surface area is 97.3 Å². The number of anilines is 3. The lowest BCUT2D eigenvalue weighted by molar-refractivity contribution is 0.603. The molecule has 0 spiro atoms. The monoisotopic (exact) mass is 235 g/mol. The topological polar surface area (TPSA) is 50.9 Å². The number of aryl methyl sites for hydroxylation is 1. The zero-order valence-electron chi connectivity index (χ0n) is 9.17. The standard InChI is InChI=1S/C12H11F2N3/c1-7-4-5-16-12(11(7)15)17-10-6-8(13)2-3-9(10)14/h2-6H,15H2,1H3,(H,16,17). The molecule has 5 heteroatoms. The normalized spacial score (nSPS) is 10.3. The van der Waals surface area contributed by atoms with Gasteiger partial charge in [0.2, 0.25) is 0 Å². The highest BCUT2D eigenvalue weighted by Gasteiger charge is 2.08. The summed E-state index contributed by atoms with van der Waals surface area (Å²) in [6, 6.07) is 4.89. The molecule has 0 aliphatic heterocycles. The van der Waals surface area contributed by atoms with Gasteiger partial charge in [0, 0.05) is 12.3 Å². The summed E-state index contributed by atoms with van der Waals surface area (Å²) in [5, 5.41) is 2.67. The first-order valence-corrected chi connectivity index (χ1v) is 5.01. The summed E-state index contributed by atoms with van der Waals surface area (Å²) >= 11 is 0. The molecule has 0 atom stereocenters. The molecule has 88 valence electrons. The second-order valence-corrected chi connectivity index (χ2v) is 3.64. The lowest BCUT2D eigenvalue weighted by Gasteiger charge is -2.10. The minimum Gasteiger partial charge on any atom is -0.396 e. The number of nitrogens with two attached hydrogens (primary N) is 1. The lowest BCUT2D eigenvalue weighted by Crippen LogP contribution is -2.02. The first kappa shape index (κ1) is 11.3. The molecule has 2 aromatic rings. The summed E-state index contributed by atoms with van der Waals surface area (Å²) in [5.74, 6) is -0.774. The zero-order valence-corrected chi connectivity index (χ0v) is 9.17. The Bertz CT molecular complexity index is 555. The fourth-order valence-electron chi connectivity index (χ4n) is 1.39. The second-order valence-electron chi connectivity index (χ2n) is 3.64. The average Bonchev–Trinajstić information content (AvgIpc) is 2.30. The van der Waals surface area contributed by atoms with Crippen molar-refractivity contribution in [3.8, 4) is 0 Å². The zero-order chi connectivity index (χ0) is 12.4. The highest BCUT2D eigenvalue weighted by Crippen LogP contribution is 2.25. The molecule has 1 aromatic carbocycles. The molecule has 17 heavy (non-hydrogen) atoms. The van der Waals surface area contributed by atoms with Gasteiger partial charge in [-0.3, -0.25) is 0 Å². The SMILES string of the molecule is Cc1ccnc(Nc2cc(F)ccc2F)c1N. The first-order chi connectivity index (χ1) is 8.08. The van der Waals surface area contributed by atoms with Gasteiger partial charge in [-0.1, -0.05) is 0 Å². The van der Waals surface area contributed by atoms with Gasteiger partial charge < -0.3 is 11.1 Å². The van der Waals surface area contributed by atoms with Crippen LogP contribution >= 0.6 is 0 Å². The van der Waals surface area contributed by atoms with Crippen molar-refractivity contribution in [2.24, 2.45) is 0 Å². The fraction of sp³-hybridized carbons (Fsp3) is 0.0833. The largest absolute Gasteiger partial charge is 0.396 e. The van der Waals surface area contributed by atoms with Crippen LogP contribution in [0.1, 0.15) is 5.56 Å². The van der Waals surface area contributed by atoms with E-state index in [1.807, 2.05) is 6.92 Å². The van der Waals surface area contributed by atoms with Crippen LogP contribution in [-0.4, -0.2) is 4.98 Å². The predicted molar refractivity (Wildman–Crippen MR) is 63.0 cm³/mol. The minimum absolute atomic E-state index is 0.00907. The van der Waals surface area contributed by atoms with Gasteiger partial charge in [-0.05, 0) is 30.7 Å². The Balaban J connectivity index is 2.38. The maximum absolute atomic E-state index is 13.4. The van der Waals surface area contributed by atoms with Gasteiger partial charge in [0.05, 0.1) is 11.4 Å². The quantitative estimate of drug-likeness (QED) is 0.841. The van der Waals surface area contributed by atoms with E-state index in [0.29, 0.717) is 11.5 Å². The van der Waals surface area contributed by atoms with Crippen LogP contribution in [0.2, 0.25) is 0 Å². The van der Waals surface area contributed by atoms with Crippen molar-refractivity contribution in [2.45, 2.75) is 6.92 Å². The number of benzene rings is 1. The van der Waals surface area contributed by atoms with Crippen LogP contribution in [0, 0.1) is 18.6 Å². The molecule has 0 aliphatic carbocycles. The molecule has 0 fully saturated rings. The van der Waals surface area contributed by atoms with Crippen LogP contribution in [0.25, 0.3) is 0 Å². The number of halogens is 2. The maximum atomic E-state index is 13.4. The molecule has 3 nitrogen and oxygen atoms in total. The molecule has 0 saturated heterocycles. The molecule has 0 radical (unpaired) electrons. The van der Waals surface area contributed by atoms with Crippen molar-refractivity contribution >= 4 is 17.2 Å². The van der Waals surface area contributed by atoms with Crippen LogP contribution in [0.15, 0.2) is 30.5 Å². The van der Waals surface area contributed by atoms with Crippen molar-refractivity contribution in [1.82, 2.24) is 4.98 Å². The van der Waals surface area contributed by atoms with E-state index in [2.05, 4.69) is 10.3 Å². The van der Waals surface area contributed by atoms with Gasteiger partial charge in [0.1, 0.15) is 11.6 Å². The Hall–Kier alpha value is -2.17. The van der Waals surface area contributed by atoms with Crippen LogP contribution in [0.4, 0.5) is 26.0 Å².